The normalized spacial score (nSPS) is 13.6. The molecule has 2 amide bonds. The van der Waals surface area contributed by atoms with Crippen molar-refractivity contribution >= 4 is 32.5 Å². The lowest BCUT2D eigenvalue weighted by molar-refractivity contribution is 0.251. The molecule has 33 heavy (non-hydrogen) atoms. The topological polar surface area (TPSA) is 91.4 Å². The molecule has 1 aliphatic heterocycles. The Hall–Kier alpha value is -3.75. The fourth-order valence-electron chi connectivity index (χ4n) is 4.09. The Morgan fingerprint density at radius 2 is 1.61 bits per heavy atom. The number of anilines is 1. The molecule has 7 nitrogen and oxygen atoms in total. The zero-order chi connectivity index (χ0) is 22.8. The standard InChI is InChI=1S/C25H22N4O3S/c30-25(27-15-18-4-3-13-26-14-18)28-22-9-11-23(12-10-22)33(31,32)29-16-20-7-1-5-19-6-2-8-21(17-29)24(19)20/h1-14H,15-17H2,(H2,27,28,30). The molecule has 166 valence electrons. The van der Waals surface area contributed by atoms with Crippen molar-refractivity contribution < 1.29 is 13.2 Å². The van der Waals surface area contributed by atoms with Crippen molar-refractivity contribution in [2.75, 3.05) is 5.32 Å². The van der Waals surface area contributed by atoms with E-state index in [4.69, 9.17) is 0 Å². The maximum absolute atomic E-state index is 13.3. The highest BCUT2D eigenvalue weighted by molar-refractivity contribution is 7.89. The molecular weight excluding hydrogens is 436 g/mol. The van der Waals surface area contributed by atoms with Crippen LogP contribution in [0.1, 0.15) is 16.7 Å². The van der Waals surface area contributed by atoms with Crippen LogP contribution >= 0.6 is 0 Å². The minimum Gasteiger partial charge on any atom is -0.334 e. The van der Waals surface area contributed by atoms with Crippen molar-refractivity contribution in [3.05, 3.63) is 102 Å². The molecule has 1 aliphatic rings. The van der Waals surface area contributed by atoms with E-state index in [1.54, 1.807) is 30.6 Å². The highest BCUT2D eigenvalue weighted by Gasteiger charge is 2.29. The van der Waals surface area contributed by atoms with Crippen LogP contribution in [0.25, 0.3) is 10.8 Å². The summed E-state index contributed by atoms with van der Waals surface area (Å²) in [6.07, 6.45) is 3.35. The van der Waals surface area contributed by atoms with E-state index in [2.05, 4.69) is 15.6 Å². The lowest BCUT2D eigenvalue weighted by Gasteiger charge is -2.28. The molecule has 2 heterocycles. The van der Waals surface area contributed by atoms with Gasteiger partial charge in [-0.15, -0.1) is 0 Å². The zero-order valence-corrected chi connectivity index (χ0v) is 18.5. The van der Waals surface area contributed by atoms with Crippen LogP contribution in [-0.4, -0.2) is 23.7 Å². The van der Waals surface area contributed by atoms with Crippen molar-refractivity contribution in [2.45, 2.75) is 24.5 Å². The molecule has 0 spiro atoms. The SMILES string of the molecule is O=C(NCc1cccnc1)Nc1ccc(S(=O)(=O)N2Cc3cccc4cccc(c34)C2)cc1. The van der Waals surface area contributed by atoms with Crippen LogP contribution in [0.5, 0.6) is 0 Å². The van der Waals surface area contributed by atoms with Gasteiger partial charge in [-0.1, -0.05) is 42.5 Å². The summed E-state index contributed by atoms with van der Waals surface area (Å²) in [6.45, 7) is 0.996. The van der Waals surface area contributed by atoms with E-state index in [-0.39, 0.29) is 10.9 Å². The number of rotatable bonds is 5. The Morgan fingerprint density at radius 1 is 0.909 bits per heavy atom. The minimum atomic E-state index is -3.69. The Labute approximate surface area is 192 Å². The number of hydrogen-bond donors (Lipinski definition) is 2. The number of aromatic nitrogens is 1. The fourth-order valence-corrected chi connectivity index (χ4v) is 5.49. The summed E-state index contributed by atoms with van der Waals surface area (Å²) < 4.78 is 28.2. The molecule has 0 atom stereocenters. The molecule has 0 saturated carbocycles. The number of sulfonamides is 1. The van der Waals surface area contributed by atoms with Gasteiger partial charge in [0.05, 0.1) is 4.90 Å². The average Bonchev–Trinajstić information content (AvgIpc) is 2.84. The number of pyridine rings is 1. The van der Waals surface area contributed by atoms with E-state index in [1.165, 1.54) is 16.4 Å². The zero-order valence-electron chi connectivity index (χ0n) is 17.7. The van der Waals surface area contributed by atoms with Crippen molar-refractivity contribution in [3.63, 3.8) is 0 Å². The summed E-state index contributed by atoms with van der Waals surface area (Å²) >= 11 is 0. The highest BCUT2D eigenvalue weighted by Crippen LogP contribution is 2.33. The number of urea groups is 1. The number of carbonyl (C=O) groups is 1. The molecule has 0 aliphatic carbocycles. The number of carbonyl (C=O) groups excluding carboxylic acids is 1. The second-order valence-electron chi connectivity index (χ2n) is 7.90. The van der Waals surface area contributed by atoms with Crippen LogP contribution in [0, 0.1) is 0 Å². The van der Waals surface area contributed by atoms with Gasteiger partial charge in [-0.25, -0.2) is 13.2 Å². The number of benzene rings is 3. The second kappa shape index (κ2) is 8.65. The van der Waals surface area contributed by atoms with E-state index in [9.17, 15) is 13.2 Å². The van der Waals surface area contributed by atoms with Crippen molar-refractivity contribution in [1.82, 2.24) is 14.6 Å². The van der Waals surface area contributed by atoms with Crippen molar-refractivity contribution in [2.24, 2.45) is 0 Å². The van der Waals surface area contributed by atoms with Crippen LogP contribution in [0.3, 0.4) is 0 Å². The van der Waals surface area contributed by atoms with Crippen LogP contribution in [0.15, 0.2) is 90.1 Å². The van der Waals surface area contributed by atoms with Crippen molar-refractivity contribution in [1.29, 1.82) is 0 Å². The largest absolute Gasteiger partial charge is 0.334 e. The maximum Gasteiger partial charge on any atom is 0.319 e. The van der Waals surface area contributed by atoms with Gasteiger partial charge in [0.2, 0.25) is 10.0 Å². The quantitative estimate of drug-likeness (QED) is 0.467. The third-order valence-electron chi connectivity index (χ3n) is 5.70. The van der Waals surface area contributed by atoms with Crippen LogP contribution in [0.2, 0.25) is 0 Å². The first-order chi connectivity index (χ1) is 16.0. The Kier molecular flexibility index (Phi) is 5.53. The average molecular weight is 459 g/mol. The molecule has 0 unspecified atom stereocenters. The van der Waals surface area contributed by atoms with E-state index < -0.39 is 10.0 Å². The van der Waals surface area contributed by atoms with Crippen LogP contribution in [0.4, 0.5) is 10.5 Å². The molecule has 0 fully saturated rings. The lowest BCUT2D eigenvalue weighted by Crippen LogP contribution is -2.32. The number of nitrogens with one attached hydrogen (secondary N) is 2. The number of nitrogens with zero attached hydrogens (tertiary/aromatic N) is 2. The fraction of sp³-hybridized carbons (Fsp3) is 0.120. The molecular formula is C25H22N4O3S. The van der Waals surface area contributed by atoms with E-state index in [0.717, 1.165) is 27.5 Å². The molecule has 0 radical (unpaired) electrons. The predicted octanol–water partition coefficient (Wildman–Crippen LogP) is 4.26. The molecule has 1 aromatic heterocycles. The number of hydrogen-bond acceptors (Lipinski definition) is 4. The minimum absolute atomic E-state index is 0.190. The monoisotopic (exact) mass is 458 g/mol. The third-order valence-corrected chi connectivity index (χ3v) is 7.50. The van der Waals surface area contributed by atoms with Gasteiger partial charge in [0.25, 0.3) is 0 Å². The first-order valence-corrected chi connectivity index (χ1v) is 12.0. The van der Waals surface area contributed by atoms with Crippen LogP contribution < -0.4 is 10.6 Å². The Balaban J connectivity index is 1.28. The first kappa shape index (κ1) is 21.1. The van der Waals surface area contributed by atoms with Gasteiger partial charge in [0.1, 0.15) is 0 Å². The molecule has 0 bridgehead atoms. The summed E-state index contributed by atoms with van der Waals surface area (Å²) in [5.41, 5.74) is 3.39. The Bertz CT molecular complexity index is 1380. The van der Waals surface area contributed by atoms with Gasteiger partial charge < -0.3 is 10.6 Å². The van der Waals surface area contributed by atoms with Gasteiger partial charge in [-0.3, -0.25) is 4.98 Å². The summed E-state index contributed by atoms with van der Waals surface area (Å²) in [7, 11) is -3.69. The van der Waals surface area contributed by atoms with Gasteiger partial charge >= 0.3 is 6.03 Å². The van der Waals surface area contributed by atoms with Gasteiger partial charge in [-0.05, 0) is 57.8 Å². The molecule has 3 aromatic carbocycles. The summed E-state index contributed by atoms with van der Waals surface area (Å²) in [5, 5.41) is 7.73. The molecule has 2 N–H and O–H groups in total. The summed E-state index contributed by atoms with van der Waals surface area (Å²) in [6, 6.07) is 21.5. The van der Waals surface area contributed by atoms with Gasteiger partial charge in [0.15, 0.2) is 0 Å². The van der Waals surface area contributed by atoms with E-state index in [1.807, 2.05) is 42.5 Å². The molecule has 8 heteroatoms. The van der Waals surface area contributed by atoms with E-state index in [0.29, 0.717) is 25.3 Å². The smallest absolute Gasteiger partial charge is 0.319 e. The van der Waals surface area contributed by atoms with Crippen molar-refractivity contribution in [3.8, 4) is 0 Å². The molecule has 4 aromatic rings. The van der Waals surface area contributed by atoms with Crippen LogP contribution in [-0.2, 0) is 29.7 Å². The van der Waals surface area contributed by atoms with E-state index >= 15 is 0 Å². The molecule has 0 saturated heterocycles. The Morgan fingerprint density at radius 3 is 2.24 bits per heavy atom. The van der Waals surface area contributed by atoms with Gasteiger partial charge in [-0.2, -0.15) is 4.31 Å². The highest BCUT2D eigenvalue weighted by atomic mass is 32.2. The lowest BCUT2D eigenvalue weighted by atomic mass is 9.96. The number of amides is 2. The van der Waals surface area contributed by atoms with Gasteiger partial charge in [0, 0.05) is 37.7 Å². The second-order valence-corrected chi connectivity index (χ2v) is 9.84. The predicted molar refractivity (Wildman–Crippen MR) is 127 cm³/mol. The first-order valence-electron chi connectivity index (χ1n) is 10.5. The third kappa shape index (κ3) is 4.30. The molecule has 5 rings (SSSR count). The maximum atomic E-state index is 13.3. The summed E-state index contributed by atoms with van der Waals surface area (Å²) in [5.74, 6) is 0. The summed E-state index contributed by atoms with van der Waals surface area (Å²) in [4.78, 5) is 16.4.